The number of benzene rings is 1. The highest BCUT2D eigenvalue weighted by molar-refractivity contribution is 7.89. The summed E-state index contributed by atoms with van der Waals surface area (Å²) in [6.45, 7) is 0. The van der Waals surface area contributed by atoms with Crippen molar-refractivity contribution < 1.29 is 13.2 Å². The quantitative estimate of drug-likeness (QED) is 0.854. The first-order valence-corrected chi connectivity index (χ1v) is 9.88. The Balaban J connectivity index is 1.65. The summed E-state index contributed by atoms with van der Waals surface area (Å²) in [5.74, 6) is -0.160. The van der Waals surface area contributed by atoms with Crippen LogP contribution in [0.15, 0.2) is 47.5 Å². The van der Waals surface area contributed by atoms with Crippen LogP contribution in [0.4, 0.5) is 0 Å². The number of aryl methyl sites for hydroxylation is 1. The molecule has 0 spiro atoms. The van der Waals surface area contributed by atoms with Crippen molar-refractivity contribution >= 4 is 15.9 Å². The van der Waals surface area contributed by atoms with Crippen molar-refractivity contribution in [3.05, 3.63) is 53.9 Å². The first-order valence-electron chi connectivity index (χ1n) is 8.40. The molecule has 6 nitrogen and oxygen atoms in total. The minimum Gasteiger partial charge on any atom is -0.364 e. The zero-order valence-corrected chi connectivity index (χ0v) is 15.0. The number of hydrogen-bond donors (Lipinski definition) is 2. The van der Waals surface area contributed by atoms with Gasteiger partial charge in [0.25, 0.3) is 5.91 Å². The Morgan fingerprint density at radius 2 is 1.80 bits per heavy atom. The molecule has 1 fully saturated rings. The Morgan fingerprint density at radius 1 is 1.16 bits per heavy atom. The topological polar surface area (TPSA) is 94.2 Å². The molecule has 0 unspecified atom stereocenters. The van der Waals surface area contributed by atoms with Gasteiger partial charge in [0.2, 0.25) is 10.0 Å². The molecule has 1 aromatic heterocycles. The monoisotopic (exact) mass is 361 g/mol. The van der Waals surface area contributed by atoms with Crippen LogP contribution in [0.2, 0.25) is 0 Å². The second-order valence-corrected chi connectivity index (χ2v) is 8.33. The number of rotatable bonds is 5. The first kappa shape index (κ1) is 17.7. The molecule has 2 aromatic rings. The van der Waals surface area contributed by atoms with Gasteiger partial charge in [0.15, 0.2) is 0 Å². The molecule has 1 heterocycles. The smallest absolute Gasteiger partial charge is 0.265 e. The fourth-order valence-electron chi connectivity index (χ4n) is 3.48. The average Bonchev–Trinajstić information content (AvgIpc) is 2.99. The van der Waals surface area contributed by atoms with E-state index in [0.29, 0.717) is 5.92 Å². The highest BCUT2D eigenvalue weighted by atomic mass is 32.2. The maximum absolute atomic E-state index is 12.6. The van der Waals surface area contributed by atoms with E-state index < -0.39 is 15.9 Å². The van der Waals surface area contributed by atoms with Crippen LogP contribution in [0.25, 0.3) is 0 Å². The molecule has 1 aliphatic rings. The van der Waals surface area contributed by atoms with Crippen molar-refractivity contribution in [3.63, 3.8) is 0 Å². The molecule has 1 aliphatic carbocycles. The molecule has 1 saturated carbocycles. The Labute approximate surface area is 148 Å². The van der Waals surface area contributed by atoms with E-state index in [-0.39, 0.29) is 16.6 Å². The molecule has 0 aliphatic heterocycles. The largest absolute Gasteiger partial charge is 0.364 e. The lowest BCUT2D eigenvalue weighted by atomic mass is 9.82. The minimum absolute atomic E-state index is 0.0778. The number of carbonyl (C=O) groups excluding carboxylic acids is 1. The third-order valence-electron chi connectivity index (χ3n) is 4.86. The summed E-state index contributed by atoms with van der Waals surface area (Å²) in [5.41, 5.74) is 6.74. The van der Waals surface area contributed by atoms with Crippen LogP contribution in [0.3, 0.4) is 0 Å². The van der Waals surface area contributed by atoms with Crippen molar-refractivity contribution in [1.29, 1.82) is 0 Å². The van der Waals surface area contributed by atoms with E-state index in [9.17, 15) is 13.2 Å². The normalized spacial score (nSPS) is 21.2. The van der Waals surface area contributed by atoms with E-state index >= 15 is 0 Å². The van der Waals surface area contributed by atoms with Crippen LogP contribution in [-0.4, -0.2) is 24.9 Å². The van der Waals surface area contributed by atoms with Gasteiger partial charge in [-0.05, 0) is 43.2 Å². The van der Waals surface area contributed by atoms with E-state index in [1.54, 1.807) is 7.05 Å². The number of nitrogens with zero attached hydrogens (tertiary/aromatic N) is 1. The third-order valence-corrected chi connectivity index (χ3v) is 6.35. The Morgan fingerprint density at radius 3 is 2.36 bits per heavy atom. The second kappa shape index (κ2) is 7.01. The van der Waals surface area contributed by atoms with E-state index in [0.717, 1.165) is 25.7 Å². The molecule has 25 heavy (non-hydrogen) atoms. The number of carbonyl (C=O) groups is 1. The van der Waals surface area contributed by atoms with Gasteiger partial charge in [-0.2, -0.15) is 0 Å². The Kier molecular flexibility index (Phi) is 4.96. The molecule has 0 bridgehead atoms. The summed E-state index contributed by atoms with van der Waals surface area (Å²) in [6.07, 6.45) is 4.93. The number of amides is 1. The number of hydrogen-bond acceptors (Lipinski definition) is 3. The van der Waals surface area contributed by atoms with Crippen LogP contribution in [0, 0.1) is 0 Å². The van der Waals surface area contributed by atoms with E-state index in [1.807, 2.05) is 18.2 Å². The molecule has 134 valence electrons. The van der Waals surface area contributed by atoms with Gasteiger partial charge in [-0.1, -0.05) is 30.3 Å². The highest BCUT2D eigenvalue weighted by Crippen LogP contribution is 2.33. The standard InChI is InChI=1S/C18H23N3O3S/c1-21-12-16(11-17(21)18(19)22)25(23,24)20-15-9-7-14(8-10-15)13-5-3-2-4-6-13/h2-6,11-12,14-15,20H,7-10H2,1H3,(H2,19,22). The van der Waals surface area contributed by atoms with Crippen molar-refractivity contribution in [2.24, 2.45) is 12.8 Å². The van der Waals surface area contributed by atoms with E-state index in [1.165, 1.54) is 22.4 Å². The Hall–Kier alpha value is -2.12. The van der Waals surface area contributed by atoms with Gasteiger partial charge < -0.3 is 10.3 Å². The van der Waals surface area contributed by atoms with Gasteiger partial charge in [0, 0.05) is 19.3 Å². The van der Waals surface area contributed by atoms with Crippen LogP contribution in [-0.2, 0) is 17.1 Å². The third kappa shape index (κ3) is 3.93. The summed E-state index contributed by atoms with van der Waals surface area (Å²) in [5, 5.41) is 0. The van der Waals surface area contributed by atoms with Crippen LogP contribution >= 0.6 is 0 Å². The van der Waals surface area contributed by atoms with Gasteiger partial charge in [0.1, 0.15) is 10.6 Å². The predicted molar refractivity (Wildman–Crippen MR) is 95.7 cm³/mol. The summed E-state index contributed by atoms with van der Waals surface area (Å²) < 4.78 is 29.3. The molecule has 0 atom stereocenters. The van der Waals surface area contributed by atoms with Crippen LogP contribution in [0.1, 0.15) is 47.7 Å². The SMILES string of the molecule is Cn1cc(S(=O)(=O)NC2CCC(c3ccccc3)CC2)cc1C(N)=O. The summed E-state index contributed by atoms with van der Waals surface area (Å²) in [7, 11) is -2.05. The lowest BCUT2D eigenvalue weighted by Gasteiger charge is -2.29. The summed E-state index contributed by atoms with van der Waals surface area (Å²) in [6, 6.07) is 11.6. The summed E-state index contributed by atoms with van der Waals surface area (Å²) in [4.78, 5) is 11.4. The maximum Gasteiger partial charge on any atom is 0.265 e. The second-order valence-electron chi connectivity index (χ2n) is 6.62. The van der Waals surface area contributed by atoms with Gasteiger partial charge in [-0.15, -0.1) is 0 Å². The lowest BCUT2D eigenvalue weighted by molar-refractivity contribution is 0.0992. The molecule has 3 N–H and O–H groups in total. The van der Waals surface area contributed by atoms with E-state index in [4.69, 9.17) is 5.73 Å². The zero-order chi connectivity index (χ0) is 18.0. The molecular weight excluding hydrogens is 338 g/mol. The van der Waals surface area contributed by atoms with Gasteiger partial charge in [-0.3, -0.25) is 4.79 Å². The van der Waals surface area contributed by atoms with Crippen molar-refractivity contribution in [2.75, 3.05) is 0 Å². The number of nitrogens with two attached hydrogens (primary N) is 1. The number of nitrogens with one attached hydrogen (secondary N) is 1. The molecule has 0 saturated heterocycles. The first-order chi connectivity index (χ1) is 11.9. The van der Waals surface area contributed by atoms with Crippen LogP contribution in [0.5, 0.6) is 0 Å². The van der Waals surface area contributed by atoms with Crippen molar-refractivity contribution in [1.82, 2.24) is 9.29 Å². The van der Waals surface area contributed by atoms with Gasteiger partial charge in [-0.25, -0.2) is 13.1 Å². The molecule has 1 amide bonds. The lowest BCUT2D eigenvalue weighted by Crippen LogP contribution is -2.37. The van der Waals surface area contributed by atoms with Gasteiger partial charge >= 0.3 is 0 Å². The zero-order valence-electron chi connectivity index (χ0n) is 14.2. The van der Waals surface area contributed by atoms with Crippen molar-refractivity contribution in [2.45, 2.75) is 42.5 Å². The maximum atomic E-state index is 12.6. The fourth-order valence-corrected chi connectivity index (χ4v) is 4.86. The highest BCUT2D eigenvalue weighted by Gasteiger charge is 2.27. The molecule has 1 aromatic carbocycles. The van der Waals surface area contributed by atoms with Crippen LogP contribution < -0.4 is 10.5 Å². The predicted octanol–water partition coefficient (Wildman–Crippen LogP) is 2.13. The van der Waals surface area contributed by atoms with Gasteiger partial charge in [0.05, 0.1) is 0 Å². The molecular formula is C18H23N3O3S. The number of aromatic nitrogens is 1. The number of primary amides is 1. The molecule has 7 heteroatoms. The average molecular weight is 361 g/mol. The minimum atomic E-state index is -3.66. The van der Waals surface area contributed by atoms with E-state index in [2.05, 4.69) is 16.9 Å². The van der Waals surface area contributed by atoms with Crippen molar-refractivity contribution in [3.8, 4) is 0 Å². The molecule has 3 rings (SSSR count). The molecule has 0 radical (unpaired) electrons. The Bertz CT molecular complexity index is 851. The fraction of sp³-hybridized carbons (Fsp3) is 0.389. The number of sulfonamides is 1. The summed E-state index contributed by atoms with van der Waals surface area (Å²) >= 11 is 0.